The number of para-hydroxylation sites is 1. The van der Waals surface area contributed by atoms with Gasteiger partial charge in [-0.05, 0) is 31.5 Å². The number of rotatable bonds is 9. The summed E-state index contributed by atoms with van der Waals surface area (Å²) in [5.41, 5.74) is 2.29. The van der Waals surface area contributed by atoms with Crippen LogP contribution in [-0.2, 0) is 6.42 Å². The molecule has 2 aromatic heterocycles. The summed E-state index contributed by atoms with van der Waals surface area (Å²) >= 11 is 0. The molecule has 7 nitrogen and oxygen atoms in total. The number of unbranched alkanes of at least 4 members (excludes halogenated alkanes) is 1. The SMILES string of the molecule is CCCCC(Cc1c[nH]c2ccccc12)NC(=O)c1cnc(N2CCN(C)C(CF)C2)o1. The van der Waals surface area contributed by atoms with E-state index in [2.05, 4.69) is 34.3 Å². The van der Waals surface area contributed by atoms with Gasteiger partial charge < -0.3 is 19.6 Å². The summed E-state index contributed by atoms with van der Waals surface area (Å²) < 4.78 is 19.0. The number of amides is 1. The fourth-order valence-electron chi connectivity index (χ4n) is 4.30. The summed E-state index contributed by atoms with van der Waals surface area (Å²) in [5, 5.41) is 4.32. The number of likely N-dealkylation sites (N-methyl/N-ethyl adjacent to an activating group) is 1. The minimum atomic E-state index is -0.423. The largest absolute Gasteiger partial charge is 0.418 e. The molecule has 8 heteroatoms. The van der Waals surface area contributed by atoms with Crippen molar-refractivity contribution in [1.82, 2.24) is 20.2 Å². The molecular weight excluding hydrogens is 409 g/mol. The highest BCUT2D eigenvalue weighted by Crippen LogP contribution is 2.22. The number of alkyl halides is 1. The van der Waals surface area contributed by atoms with Crippen LogP contribution >= 0.6 is 0 Å². The van der Waals surface area contributed by atoms with Crippen molar-refractivity contribution in [2.45, 2.75) is 44.7 Å². The second-order valence-corrected chi connectivity index (χ2v) is 8.62. The molecule has 1 aromatic carbocycles. The van der Waals surface area contributed by atoms with Gasteiger partial charge in [-0.25, -0.2) is 9.37 Å². The molecule has 1 aliphatic rings. The standard InChI is InChI=1S/C24H32FN5O2/c1-3-4-7-18(12-17-14-26-21-9-6-5-8-20(17)21)28-23(31)22-15-27-24(32-22)30-11-10-29(2)19(13-25)16-30/h5-6,8-9,14-15,18-19,26H,3-4,7,10-13,16H2,1-2H3,(H,28,31). The first-order valence-electron chi connectivity index (χ1n) is 11.4. The number of piperazine rings is 1. The molecule has 1 aliphatic heterocycles. The van der Waals surface area contributed by atoms with Crippen LogP contribution in [0.5, 0.6) is 0 Å². The number of aromatic amines is 1. The van der Waals surface area contributed by atoms with E-state index < -0.39 is 6.67 Å². The maximum Gasteiger partial charge on any atom is 0.298 e. The molecule has 3 heterocycles. The average molecular weight is 442 g/mol. The highest BCUT2D eigenvalue weighted by molar-refractivity contribution is 5.91. The number of H-pyrrole nitrogens is 1. The van der Waals surface area contributed by atoms with E-state index in [0.29, 0.717) is 19.1 Å². The van der Waals surface area contributed by atoms with Gasteiger partial charge in [-0.3, -0.25) is 9.69 Å². The number of nitrogens with one attached hydrogen (secondary N) is 2. The summed E-state index contributed by atoms with van der Waals surface area (Å²) in [4.78, 5) is 24.4. The van der Waals surface area contributed by atoms with Crippen molar-refractivity contribution in [2.24, 2.45) is 0 Å². The molecule has 2 unspecified atom stereocenters. The molecule has 172 valence electrons. The first kappa shape index (κ1) is 22.3. The molecule has 3 aromatic rings. The molecule has 0 aliphatic carbocycles. The number of aromatic nitrogens is 2. The van der Waals surface area contributed by atoms with Crippen LogP contribution in [0.3, 0.4) is 0 Å². The van der Waals surface area contributed by atoms with Crippen LogP contribution in [0.2, 0.25) is 0 Å². The molecule has 4 rings (SSSR count). The predicted octanol–water partition coefficient (Wildman–Crippen LogP) is 3.78. The second-order valence-electron chi connectivity index (χ2n) is 8.62. The summed E-state index contributed by atoms with van der Waals surface area (Å²) in [5.74, 6) is -0.0722. The van der Waals surface area contributed by atoms with Crippen LogP contribution in [0.15, 0.2) is 41.1 Å². The van der Waals surface area contributed by atoms with E-state index in [1.165, 1.54) is 17.1 Å². The molecule has 0 radical (unpaired) electrons. The zero-order valence-electron chi connectivity index (χ0n) is 18.8. The number of oxazole rings is 1. The van der Waals surface area contributed by atoms with Gasteiger partial charge in [0.05, 0.1) is 12.2 Å². The van der Waals surface area contributed by atoms with E-state index in [-0.39, 0.29) is 23.8 Å². The third-order valence-corrected chi connectivity index (χ3v) is 6.33. The molecule has 2 N–H and O–H groups in total. The highest BCUT2D eigenvalue weighted by Gasteiger charge is 2.28. The van der Waals surface area contributed by atoms with Gasteiger partial charge in [0.25, 0.3) is 11.9 Å². The number of carbonyl (C=O) groups is 1. The maximum absolute atomic E-state index is 13.3. The second kappa shape index (κ2) is 10.2. The topological polar surface area (TPSA) is 77.4 Å². The van der Waals surface area contributed by atoms with Crippen LogP contribution < -0.4 is 10.2 Å². The van der Waals surface area contributed by atoms with E-state index in [4.69, 9.17) is 4.42 Å². The van der Waals surface area contributed by atoms with Crippen LogP contribution in [0, 0.1) is 0 Å². The smallest absolute Gasteiger partial charge is 0.298 e. The Morgan fingerprint density at radius 2 is 2.22 bits per heavy atom. The lowest BCUT2D eigenvalue weighted by atomic mass is 10.0. The minimum absolute atomic E-state index is 0.00485. The van der Waals surface area contributed by atoms with Crippen molar-refractivity contribution < 1.29 is 13.6 Å². The summed E-state index contributed by atoms with van der Waals surface area (Å²) in [6.07, 6.45) is 7.21. The van der Waals surface area contributed by atoms with Crippen molar-refractivity contribution >= 4 is 22.8 Å². The lowest BCUT2D eigenvalue weighted by molar-refractivity contribution is 0.0906. The van der Waals surface area contributed by atoms with Crippen molar-refractivity contribution in [3.63, 3.8) is 0 Å². The van der Waals surface area contributed by atoms with Crippen LogP contribution in [-0.4, -0.2) is 66.2 Å². The van der Waals surface area contributed by atoms with Gasteiger partial charge >= 0.3 is 0 Å². The zero-order valence-corrected chi connectivity index (χ0v) is 18.8. The summed E-state index contributed by atoms with van der Waals surface area (Å²) in [6.45, 7) is 3.63. The van der Waals surface area contributed by atoms with Gasteiger partial charge in [0.15, 0.2) is 0 Å². The van der Waals surface area contributed by atoms with Crippen molar-refractivity contribution in [2.75, 3.05) is 38.3 Å². The Morgan fingerprint density at radius 3 is 3.03 bits per heavy atom. The Labute approximate surface area is 188 Å². The normalized spacial score (nSPS) is 18.2. The first-order chi connectivity index (χ1) is 15.6. The molecule has 1 amide bonds. The molecule has 1 fully saturated rings. The van der Waals surface area contributed by atoms with E-state index >= 15 is 0 Å². The van der Waals surface area contributed by atoms with E-state index in [1.54, 1.807) is 0 Å². The summed E-state index contributed by atoms with van der Waals surface area (Å²) in [6, 6.07) is 8.38. The van der Waals surface area contributed by atoms with Gasteiger partial charge in [0.2, 0.25) is 5.76 Å². The Morgan fingerprint density at radius 1 is 1.38 bits per heavy atom. The number of carbonyl (C=O) groups excluding carboxylic acids is 1. The van der Waals surface area contributed by atoms with Gasteiger partial charge in [-0.1, -0.05) is 38.0 Å². The Bertz CT molecular complexity index is 1030. The molecular formula is C24H32FN5O2. The van der Waals surface area contributed by atoms with Crippen LogP contribution in [0.1, 0.15) is 42.3 Å². The van der Waals surface area contributed by atoms with E-state index in [1.807, 2.05) is 35.2 Å². The number of benzene rings is 1. The van der Waals surface area contributed by atoms with Crippen LogP contribution in [0.25, 0.3) is 10.9 Å². The Kier molecular flexibility index (Phi) is 7.09. The van der Waals surface area contributed by atoms with Gasteiger partial charge in [-0.2, -0.15) is 0 Å². The zero-order chi connectivity index (χ0) is 22.5. The number of hydrogen-bond acceptors (Lipinski definition) is 5. The van der Waals surface area contributed by atoms with E-state index in [9.17, 15) is 9.18 Å². The minimum Gasteiger partial charge on any atom is -0.418 e. The summed E-state index contributed by atoms with van der Waals surface area (Å²) in [7, 11) is 1.92. The molecule has 0 saturated carbocycles. The lowest BCUT2D eigenvalue weighted by Crippen LogP contribution is -2.52. The molecule has 0 bridgehead atoms. The quantitative estimate of drug-likeness (QED) is 0.529. The molecule has 2 atom stereocenters. The van der Waals surface area contributed by atoms with Gasteiger partial charge in [0, 0.05) is 42.8 Å². The monoisotopic (exact) mass is 441 g/mol. The first-order valence-corrected chi connectivity index (χ1v) is 11.4. The number of fused-ring (bicyclic) bond motifs is 1. The molecule has 32 heavy (non-hydrogen) atoms. The van der Waals surface area contributed by atoms with Gasteiger partial charge in [-0.15, -0.1) is 0 Å². The fraction of sp³-hybridized carbons (Fsp3) is 0.500. The fourth-order valence-corrected chi connectivity index (χ4v) is 4.30. The molecule has 0 spiro atoms. The predicted molar refractivity (Wildman–Crippen MR) is 124 cm³/mol. The van der Waals surface area contributed by atoms with Crippen molar-refractivity contribution in [3.05, 3.63) is 48.0 Å². The average Bonchev–Trinajstić information content (AvgIpc) is 3.46. The maximum atomic E-state index is 13.3. The number of nitrogens with zero attached hydrogens (tertiary/aromatic N) is 3. The Hall–Kier alpha value is -2.87. The lowest BCUT2D eigenvalue weighted by Gasteiger charge is -2.37. The Balaban J connectivity index is 1.43. The number of hydrogen-bond donors (Lipinski definition) is 2. The highest BCUT2D eigenvalue weighted by atomic mass is 19.1. The number of anilines is 1. The molecule has 1 saturated heterocycles. The van der Waals surface area contributed by atoms with Crippen molar-refractivity contribution in [3.8, 4) is 0 Å². The van der Waals surface area contributed by atoms with Crippen LogP contribution in [0.4, 0.5) is 10.4 Å². The number of halogens is 1. The van der Waals surface area contributed by atoms with Crippen molar-refractivity contribution in [1.29, 1.82) is 0 Å². The van der Waals surface area contributed by atoms with Gasteiger partial charge in [0.1, 0.15) is 6.67 Å². The third-order valence-electron chi connectivity index (χ3n) is 6.33. The third kappa shape index (κ3) is 4.96. The van der Waals surface area contributed by atoms with E-state index in [0.717, 1.165) is 37.7 Å².